The van der Waals surface area contributed by atoms with E-state index in [0.717, 1.165) is 31.6 Å². The second-order valence-corrected chi connectivity index (χ2v) is 4.49. The summed E-state index contributed by atoms with van der Waals surface area (Å²) in [5.41, 5.74) is 0.598. The predicted molar refractivity (Wildman–Crippen MR) is 62.4 cm³/mol. The summed E-state index contributed by atoms with van der Waals surface area (Å²) in [6.07, 6.45) is 1.76. The molecule has 1 heterocycles. The summed E-state index contributed by atoms with van der Waals surface area (Å²) >= 11 is 0. The lowest BCUT2D eigenvalue weighted by molar-refractivity contribution is 0.0423. The zero-order valence-corrected chi connectivity index (χ0v) is 9.53. The molecule has 1 amide bonds. The van der Waals surface area contributed by atoms with E-state index in [1.54, 1.807) is 0 Å². The monoisotopic (exact) mass is 219 g/mol. The highest BCUT2D eigenvalue weighted by Gasteiger charge is 2.29. The average Bonchev–Trinajstić information content (AvgIpc) is 2.30. The van der Waals surface area contributed by atoms with Crippen LogP contribution in [0.25, 0.3) is 0 Å². The van der Waals surface area contributed by atoms with Gasteiger partial charge in [0, 0.05) is 24.3 Å². The summed E-state index contributed by atoms with van der Waals surface area (Å²) in [6, 6.07) is 9.32. The van der Waals surface area contributed by atoms with Crippen molar-refractivity contribution in [3.05, 3.63) is 35.9 Å². The molecule has 1 saturated heterocycles. The Bertz CT molecular complexity index is 355. The van der Waals surface area contributed by atoms with Gasteiger partial charge >= 0.3 is 0 Å². The van der Waals surface area contributed by atoms with Gasteiger partial charge in [-0.1, -0.05) is 18.2 Å². The van der Waals surface area contributed by atoms with Gasteiger partial charge in [0.1, 0.15) is 0 Å². The zero-order chi connectivity index (χ0) is 11.4. The summed E-state index contributed by atoms with van der Waals surface area (Å²) in [5, 5.41) is 3.09. The maximum absolute atomic E-state index is 12.0. The molecule has 86 valence electrons. The van der Waals surface area contributed by atoms with Gasteiger partial charge in [-0.3, -0.25) is 4.79 Å². The van der Waals surface area contributed by atoms with Gasteiger partial charge in [-0.15, -0.1) is 0 Å². The lowest BCUT2D eigenvalue weighted by Crippen LogP contribution is -2.49. The molecule has 0 bridgehead atoms. The highest BCUT2D eigenvalue weighted by molar-refractivity contribution is 5.94. The van der Waals surface area contributed by atoms with Crippen molar-refractivity contribution in [1.29, 1.82) is 0 Å². The molecule has 3 heteroatoms. The van der Waals surface area contributed by atoms with E-state index < -0.39 is 0 Å². The Morgan fingerprint density at radius 1 is 1.25 bits per heavy atom. The summed E-state index contributed by atoms with van der Waals surface area (Å²) in [5.74, 6) is 0.00463. The van der Waals surface area contributed by atoms with Gasteiger partial charge in [0.05, 0.1) is 0 Å². The van der Waals surface area contributed by atoms with Crippen LogP contribution < -0.4 is 5.32 Å². The zero-order valence-electron chi connectivity index (χ0n) is 9.53. The SMILES string of the molecule is CC1(NC(=O)c2ccccc2)CCOCC1. The number of nitrogens with one attached hydrogen (secondary N) is 1. The number of hydrogen-bond acceptors (Lipinski definition) is 2. The molecule has 3 nitrogen and oxygen atoms in total. The molecule has 1 aromatic rings. The summed E-state index contributed by atoms with van der Waals surface area (Å²) in [6.45, 7) is 3.54. The molecule has 1 fully saturated rings. The topological polar surface area (TPSA) is 38.3 Å². The number of carbonyl (C=O) groups excluding carboxylic acids is 1. The number of benzene rings is 1. The molecule has 0 spiro atoms. The summed E-state index contributed by atoms with van der Waals surface area (Å²) < 4.78 is 5.30. The number of hydrogen-bond donors (Lipinski definition) is 1. The lowest BCUT2D eigenvalue weighted by atomic mass is 9.92. The molecule has 0 saturated carbocycles. The molecule has 0 atom stereocenters. The molecule has 1 aromatic carbocycles. The van der Waals surface area contributed by atoms with Crippen LogP contribution in [0.2, 0.25) is 0 Å². The van der Waals surface area contributed by atoms with Crippen molar-refractivity contribution >= 4 is 5.91 Å². The quantitative estimate of drug-likeness (QED) is 0.826. The molecule has 0 unspecified atom stereocenters. The van der Waals surface area contributed by atoms with E-state index in [-0.39, 0.29) is 11.4 Å². The molecular weight excluding hydrogens is 202 g/mol. The maximum atomic E-state index is 12.0. The normalized spacial score (nSPS) is 19.1. The van der Waals surface area contributed by atoms with E-state index >= 15 is 0 Å². The first-order valence-corrected chi connectivity index (χ1v) is 5.65. The van der Waals surface area contributed by atoms with E-state index in [4.69, 9.17) is 4.74 Å². The van der Waals surface area contributed by atoms with Gasteiger partial charge in [-0.25, -0.2) is 0 Å². The van der Waals surface area contributed by atoms with Crippen LogP contribution in [0.5, 0.6) is 0 Å². The van der Waals surface area contributed by atoms with E-state index in [2.05, 4.69) is 12.2 Å². The van der Waals surface area contributed by atoms with Gasteiger partial charge in [-0.2, -0.15) is 0 Å². The third kappa shape index (κ3) is 2.61. The Morgan fingerprint density at radius 3 is 2.50 bits per heavy atom. The van der Waals surface area contributed by atoms with Gasteiger partial charge in [0.15, 0.2) is 0 Å². The van der Waals surface area contributed by atoms with Gasteiger partial charge in [0.2, 0.25) is 0 Å². The Morgan fingerprint density at radius 2 is 1.88 bits per heavy atom. The second kappa shape index (κ2) is 4.66. The molecule has 0 radical (unpaired) electrons. The second-order valence-electron chi connectivity index (χ2n) is 4.49. The minimum Gasteiger partial charge on any atom is -0.381 e. The number of rotatable bonds is 2. The van der Waals surface area contributed by atoms with Crippen molar-refractivity contribution in [2.45, 2.75) is 25.3 Å². The molecule has 1 aliphatic rings. The van der Waals surface area contributed by atoms with Crippen LogP contribution in [-0.2, 0) is 4.74 Å². The van der Waals surface area contributed by atoms with Crippen LogP contribution >= 0.6 is 0 Å². The number of carbonyl (C=O) groups is 1. The first-order valence-electron chi connectivity index (χ1n) is 5.65. The fraction of sp³-hybridized carbons (Fsp3) is 0.462. The number of ether oxygens (including phenoxy) is 1. The molecular formula is C13H17NO2. The van der Waals surface area contributed by atoms with Crippen LogP contribution in [0.3, 0.4) is 0 Å². The van der Waals surface area contributed by atoms with Crippen LogP contribution in [0, 0.1) is 0 Å². The molecule has 0 aliphatic carbocycles. The summed E-state index contributed by atoms with van der Waals surface area (Å²) in [7, 11) is 0. The van der Waals surface area contributed by atoms with E-state index in [0.29, 0.717) is 0 Å². The highest BCUT2D eigenvalue weighted by atomic mass is 16.5. The van der Waals surface area contributed by atoms with Crippen LogP contribution in [0.1, 0.15) is 30.1 Å². The van der Waals surface area contributed by atoms with Gasteiger partial charge in [-0.05, 0) is 31.9 Å². The summed E-state index contributed by atoms with van der Waals surface area (Å²) in [4.78, 5) is 12.0. The first-order chi connectivity index (χ1) is 7.70. The van der Waals surface area contributed by atoms with Crippen LogP contribution in [-0.4, -0.2) is 24.7 Å². The van der Waals surface area contributed by atoms with Crippen molar-refractivity contribution in [3.8, 4) is 0 Å². The van der Waals surface area contributed by atoms with E-state index in [1.165, 1.54) is 0 Å². The van der Waals surface area contributed by atoms with Crippen LogP contribution in [0.15, 0.2) is 30.3 Å². The average molecular weight is 219 g/mol. The Balaban J connectivity index is 2.01. The molecule has 2 rings (SSSR count). The van der Waals surface area contributed by atoms with Gasteiger partial charge in [0.25, 0.3) is 5.91 Å². The number of amides is 1. The Hall–Kier alpha value is -1.35. The predicted octanol–water partition coefficient (Wildman–Crippen LogP) is 1.99. The fourth-order valence-electron chi connectivity index (χ4n) is 1.88. The van der Waals surface area contributed by atoms with Crippen molar-refractivity contribution in [2.24, 2.45) is 0 Å². The Kier molecular flexibility index (Phi) is 3.25. The first kappa shape index (κ1) is 11.1. The van der Waals surface area contributed by atoms with E-state index in [1.807, 2.05) is 30.3 Å². The standard InChI is InChI=1S/C13H17NO2/c1-13(7-9-16-10-8-13)14-12(15)11-5-3-2-4-6-11/h2-6H,7-10H2,1H3,(H,14,15). The minimum atomic E-state index is -0.120. The highest BCUT2D eigenvalue weighted by Crippen LogP contribution is 2.20. The van der Waals surface area contributed by atoms with Gasteiger partial charge < -0.3 is 10.1 Å². The molecule has 16 heavy (non-hydrogen) atoms. The maximum Gasteiger partial charge on any atom is 0.251 e. The van der Waals surface area contributed by atoms with Crippen molar-refractivity contribution in [2.75, 3.05) is 13.2 Å². The molecule has 1 aliphatic heterocycles. The largest absolute Gasteiger partial charge is 0.381 e. The fourth-order valence-corrected chi connectivity index (χ4v) is 1.88. The van der Waals surface area contributed by atoms with Crippen LogP contribution in [0.4, 0.5) is 0 Å². The lowest BCUT2D eigenvalue weighted by Gasteiger charge is -2.34. The van der Waals surface area contributed by atoms with Crippen molar-refractivity contribution in [1.82, 2.24) is 5.32 Å². The third-order valence-electron chi connectivity index (χ3n) is 3.05. The molecule has 1 N–H and O–H groups in total. The van der Waals surface area contributed by atoms with Crippen molar-refractivity contribution < 1.29 is 9.53 Å². The molecule has 0 aromatic heterocycles. The van der Waals surface area contributed by atoms with E-state index in [9.17, 15) is 4.79 Å². The Labute approximate surface area is 95.8 Å². The smallest absolute Gasteiger partial charge is 0.251 e. The minimum absolute atomic E-state index is 0.00463. The van der Waals surface area contributed by atoms with Crippen molar-refractivity contribution in [3.63, 3.8) is 0 Å². The third-order valence-corrected chi connectivity index (χ3v) is 3.05.